The lowest BCUT2D eigenvalue weighted by Crippen LogP contribution is -1.88. The van der Waals surface area contributed by atoms with Gasteiger partial charge in [-0.3, -0.25) is 10.1 Å². The Morgan fingerprint density at radius 1 is 1.24 bits per heavy atom. The van der Waals surface area contributed by atoms with Crippen LogP contribution < -0.4 is 5.73 Å². The molecule has 0 atom stereocenters. The van der Waals surface area contributed by atoms with Gasteiger partial charge >= 0.3 is 0 Å². The van der Waals surface area contributed by atoms with Crippen LogP contribution in [0.25, 0.3) is 22.0 Å². The summed E-state index contributed by atoms with van der Waals surface area (Å²) in [7, 11) is 0. The maximum atomic E-state index is 5.90. The quantitative estimate of drug-likeness (QED) is 0.624. The molecule has 0 fully saturated rings. The minimum absolute atomic E-state index is 0.728. The molecule has 17 heavy (non-hydrogen) atoms. The summed E-state index contributed by atoms with van der Waals surface area (Å²) in [6.45, 7) is 1.97. The molecule has 0 amide bonds. The first-order chi connectivity index (χ1) is 8.24. The minimum Gasteiger partial charge on any atom is -0.399 e. The van der Waals surface area contributed by atoms with E-state index in [0.29, 0.717) is 0 Å². The van der Waals surface area contributed by atoms with Crippen molar-refractivity contribution in [3.8, 4) is 11.1 Å². The summed E-state index contributed by atoms with van der Waals surface area (Å²) >= 11 is 0. The number of hydrogen-bond donors (Lipinski definition) is 2. The number of aryl methyl sites for hydroxylation is 1. The molecule has 4 heteroatoms. The van der Waals surface area contributed by atoms with Crippen LogP contribution >= 0.6 is 0 Å². The van der Waals surface area contributed by atoms with Gasteiger partial charge in [-0.15, -0.1) is 0 Å². The number of nitrogens with one attached hydrogen (secondary N) is 1. The van der Waals surface area contributed by atoms with Gasteiger partial charge in [-0.1, -0.05) is 0 Å². The third kappa shape index (κ3) is 1.63. The average Bonchev–Trinajstić information content (AvgIpc) is 2.75. The predicted octanol–water partition coefficient (Wildman–Crippen LogP) is 2.52. The van der Waals surface area contributed by atoms with Crippen LogP contribution in [0.2, 0.25) is 0 Å². The van der Waals surface area contributed by atoms with Crippen molar-refractivity contribution in [2.45, 2.75) is 6.92 Å². The minimum atomic E-state index is 0.728. The molecule has 2 aromatic heterocycles. The number of anilines is 1. The fraction of sp³-hybridized carbons (Fsp3) is 0.0769. The van der Waals surface area contributed by atoms with E-state index in [1.807, 2.05) is 37.4 Å². The third-order valence-corrected chi connectivity index (χ3v) is 2.79. The van der Waals surface area contributed by atoms with E-state index in [2.05, 4.69) is 15.2 Å². The predicted molar refractivity (Wildman–Crippen MR) is 68.5 cm³/mol. The van der Waals surface area contributed by atoms with E-state index in [-0.39, 0.29) is 0 Å². The van der Waals surface area contributed by atoms with E-state index in [1.54, 1.807) is 6.20 Å². The van der Waals surface area contributed by atoms with E-state index in [0.717, 1.165) is 33.4 Å². The first-order valence-electron chi connectivity index (χ1n) is 5.40. The highest BCUT2D eigenvalue weighted by atomic mass is 15.1. The maximum Gasteiger partial charge on any atom is 0.0677 e. The Bertz CT molecular complexity index is 685. The molecule has 0 saturated heterocycles. The second-order valence-corrected chi connectivity index (χ2v) is 4.09. The van der Waals surface area contributed by atoms with Gasteiger partial charge < -0.3 is 5.73 Å². The summed E-state index contributed by atoms with van der Waals surface area (Å²) in [6.07, 6.45) is 3.62. The summed E-state index contributed by atoms with van der Waals surface area (Å²) < 4.78 is 0. The number of fused-ring (bicyclic) bond motifs is 1. The molecule has 0 unspecified atom stereocenters. The van der Waals surface area contributed by atoms with Gasteiger partial charge in [0.05, 0.1) is 11.7 Å². The topological polar surface area (TPSA) is 67.6 Å². The van der Waals surface area contributed by atoms with Crippen molar-refractivity contribution in [2.75, 3.05) is 5.73 Å². The van der Waals surface area contributed by atoms with Crippen LogP contribution in [-0.4, -0.2) is 15.2 Å². The number of aromatic nitrogens is 3. The van der Waals surface area contributed by atoms with Crippen molar-refractivity contribution in [1.82, 2.24) is 15.2 Å². The molecule has 0 aliphatic heterocycles. The Morgan fingerprint density at radius 2 is 2.12 bits per heavy atom. The molecule has 3 N–H and O–H groups in total. The summed E-state index contributed by atoms with van der Waals surface area (Å²) in [5.74, 6) is 0. The standard InChI is InChI=1S/C13H12N4/c1-8-4-9(2-3-15-8)11-5-10(14)6-13-12(11)7-16-17-13/h2-7H,14H2,1H3,(H,16,17). The molecule has 84 valence electrons. The third-order valence-electron chi connectivity index (χ3n) is 2.79. The van der Waals surface area contributed by atoms with Gasteiger partial charge in [0, 0.05) is 23.0 Å². The maximum absolute atomic E-state index is 5.90. The molecular formula is C13H12N4. The van der Waals surface area contributed by atoms with E-state index >= 15 is 0 Å². The Morgan fingerprint density at radius 3 is 2.94 bits per heavy atom. The van der Waals surface area contributed by atoms with Crippen molar-refractivity contribution < 1.29 is 0 Å². The molecule has 0 saturated carbocycles. The van der Waals surface area contributed by atoms with E-state index in [9.17, 15) is 0 Å². The van der Waals surface area contributed by atoms with Gasteiger partial charge in [-0.2, -0.15) is 5.10 Å². The highest BCUT2D eigenvalue weighted by molar-refractivity contribution is 5.96. The van der Waals surface area contributed by atoms with Gasteiger partial charge in [0.25, 0.3) is 0 Å². The van der Waals surface area contributed by atoms with Gasteiger partial charge in [-0.05, 0) is 42.3 Å². The average molecular weight is 224 g/mol. The number of H-pyrrole nitrogens is 1. The summed E-state index contributed by atoms with van der Waals surface area (Å²) in [5, 5.41) is 8.07. The first kappa shape index (κ1) is 9.84. The van der Waals surface area contributed by atoms with Crippen LogP contribution in [0, 0.1) is 6.92 Å². The molecule has 3 aromatic rings. The van der Waals surface area contributed by atoms with Crippen molar-refractivity contribution in [3.05, 3.63) is 42.4 Å². The molecule has 4 nitrogen and oxygen atoms in total. The zero-order valence-corrected chi connectivity index (χ0v) is 9.44. The summed E-state index contributed by atoms with van der Waals surface area (Å²) in [5.41, 5.74) is 10.8. The number of nitrogens with zero attached hydrogens (tertiary/aromatic N) is 2. The molecule has 0 spiro atoms. The lowest BCUT2D eigenvalue weighted by Gasteiger charge is -2.05. The zero-order valence-electron chi connectivity index (χ0n) is 9.44. The molecule has 0 aliphatic carbocycles. The number of pyridine rings is 1. The lowest BCUT2D eigenvalue weighted by atomic mass is 10.0. The number of aromatic amines is 1. The molecule has 1 aromatic carbocycles. The smallest absolute Gasteiger partial charge is 0.0677 e. The Labute approximate surface area is 98.5 Å². The van der Waals surface area contributed by atoms with E-state index in [1.165, 1.54) is 0 Å². The van der Waals surface area contributed by atoms with Crippen LogP contribution in [0.15, 0.2) is 36.7 Å². The number of rotatable bonds is 1. The Kier molecular flexibility index (Phi) is 2.08. The van der Waals surface area contributed by atoms with Crippen molar-refractivity contribution in [1.29, 1.82) is 0 Å². The van der Waals surface area contributed by atoms with Crippen LogP contribution in [0.5, 0.6) is 0 Å². The number of nitrogens with two attached hydrogens (primary N) is 1. The van der Waals surface area contributed by atoms with E-state index < -0.39 is 0 Å². The fourth-order valence-electron chi connectivity index (χ4n) is 2.03. The highest BCUT2D eigenvalue weighted by Gasteiger charge is 2.07. The molecular weight excluding hydrogens is 212 g/mol. The Hall–Kier alpha value is -2.36. The summed E-state index contributed by atoms with van der Waals surface area (Å²) in [4.78, 5) is 4.20. The second kappa shape index (κ2) is 3.59. The van der Waals surface area contributed by atoms with Gasteiger partial charge in [0.15, 0.2) is 0 Å². The van der Waals surface area contributed by atoms with E-state index in [4.69, 9.17) is 5.73 Å². The van der Waals surface area contributed by atoms with Crippen LogP contribution in [0.4, 0.5) is 5.69 Å². The van der Waals surface area contributed by atoms with Gasteiger partial charge in [0.2, 0.25) is 0 Å². The fourth-order valence-corrected chi connectivity index (χ4v) is 2.03. The SMILES string of the molecule is Cc1cc(-c2cc(N)cc3[nH]ncc23)ccn1. The molecule has 0 bridgehead atoms. The number of nitrogen functional groups attached to an aromatic ring is 1. The monoisotopic (exact) mass is 224 g/mol. The first-order valence-corrected chi connectivity index (χ1v) is 5.40. The molecule has 0 aliphatic rings. The normalized spacial score (nSPS) is 10.9. The van der Waals surface area contributed by atoms with Crippen LogP contribution in [-0.2, 0) is 0 Å². The summed E-state index contributed by atoms with van der Waals surface area (Å²) in [6, 6.07) is 7.88. The zero-order chi connectivity index (χ0) is 11.8. The van der Waals surface area contributed by atoms with Crippen LogP contribution in [0.1, 0.15) is 5.69 Å². The highest BCUT2D eigenvalue weighted by Crippen LogP contribution is 2.29. The lowest BCUT2D eigenvalue weighted by molar-refractivity contribution is 1.12. The second-order valence-electron chi connectivity index (χ2n) is 4.09. The van der Waals surface area contributed by atoms with Crippen molar-refractivity contribution in [3.63, 3.8) is 0 Å². The van der Waals surface area contributed by atoms with Crippen molar-refractivity contribution in [2.24, 2.45) is 0 Å². The van der Waals surface area contributed by atoms with Gasteiger partial charge in [-0.25, -0.2) is 0 Å². The molecule has 0 radical (unpaired) electrons. The van der Waals surface area contributed by atoms with Gasteiger partial charge in [0.1, 0.15) is 0 Å². The largest absolute Gasteiger partial charge is 0.399 e. The van der Waals surface area contributed by atoms with Crippen molar-refractivity contribution >= 4 is 16.6 Å². The molecule has 3 rings (SSSR count). The van der Waals surface area contributed by atoms with Crippen LogP contribution in [0.3, 0.4) is 0 Å². The number of hydrogen-bond acceptors (Lipinski definition) is 3. The molecule has 2 heterocycles. The number of benzene rings is 1. The Balaban J connectivity index is 2.32.